The van der Waals surface area contributed by atoms with Gasteiger partial charge in [0.05, 0.1) is 0 Å². The maximum Gasteiger partial charge on any atom is 0.261 e. The van der Waals surface area contributed by atoms with E-state index in [1.165, 1.54) is 0 Å². The molecule has 2 aromatic carbocycles. The first-order valence-electron chi connectivity index (χ1n) is 8.13. The average Bonchev–Trinajstić information content (AvgIpc) is 2.58. The normalized spacial score (nSPS) is 10.5. The topological polar surface area (TPSA) is 62.0 Å². The highest BCUT2D eigenvalue weighted by Gasteiger charge is 2.13. The molecule has 0 aliphatic heterocycles. The summed E-state index contributed by atoms with van der Waals surface area (Å²) in [5, 5.41) is 2.80. The lowest BCUT2D eigenvalue weighted by Crippen LogP contribution is -2.23. The van der Waals surface area contributed by atoms with E-state index in [0.717, 1.165) is 22.3 Å². The third-order valence-electron chi connectivity index (χ3n) is 4.15. The maximum atomic E-state index is 12.4. The van der Waals surface area contributed by atoms with Gasteiger partial charge in [-0.1, -0.05) is 47.5 Å². The van der Waals surface area contributed by atoms with E-state index in [1.807, 2.05) is 63.2 Å². The van der Waals surface area contributed by atoms with Gasteiger partial charge in [-0.05, 0) is 50.1 Å². The molecule has 0 saturated carbocycles. The van der Waals surface area contributed by atoms with Crippen LogP contribution >= 0.6 is 0 Å². The summed E-state index contributed by atoms with van der Waals surface area (Å²) in [5.74, 6) is -0.413. The summed E-state index contributed by atoms with van der Waals surface area (Å²) < 4.78 is 0. The fraction of sp³-hybridized carbons (Fsp3) is 0.143. The molecule has 25 heavy (non-hydrogen) atoms. The Bertz CT molecular complexity index is 986. The summed E-state index contributed by atoms with van der Waals surface area (Å²) in [6, 6.07) is 16.9. The highest BCUT2D eigenvalue weighted by molar-refractivity contribution is 6.04. The number of aromatic amines is 1. The van der Waals surface area contributed by atoms with E-state index < -0.39 is 11.5 Å². The number of rotatable bonds is 3. The van der Waals surface area contributed by atoms with Crippen LogP contribution in [0.3, 0.4) is 0 Å². The quantitative estimate of drug-likeness (QED) is 0.754. The number of aryl methyl sites for hydroxylation is 3. The summed E-state index contributed by atoms with van der Waals surface area (Å²) in [6.45, 7) is 5.92. The molecule has 1 heterocycles. The molecule has 126 valence electrons. The van der Waals surface area contributed by atoms with Crippen molar-refractivity contribution in [3.8, 4) is 11.3 Å². The number of benzene rings is 2. The Hall–Kier alpha value is -3.14. The molecule has 4 heteroatoms. The molecule has 2 N–H and O–H groups in total. The smallest absolute Gasteiger partial charge is 0.261 e. The SMILES string of the molecule is Cc1ccc(-c2ccc(C(=O)Nc3ccc(C)cc3C)c(=O)[nH]2)cc1. The van der Waals surface area contributed by atoms with Gasteiger partial charge in [0.2, 0.25) is 0 Å². The molecule has 1 amide bonds. The predicted octanol–water partition coefficient (Wildman–Crippen LogP) is 4.22. The van der Waals surface area contributed by atoms with Crippen molar-refractivity contribution in [1.29, 1.82) is 0 Å². The van der Waals surface area contributed by atoms with E-state index in [2.05, 4.69) is 10.3 Å². The van der Waals surface area contributed by atoms with Crippen LogP contribution in [0.1, 0.15) is 27.0 Å². The third-order valence-corrected chi connectivity index (χ3v) is 4.15. The fourth-order valence-corrected chi connectivity index (χ4v) is 2.70. The molecule has 3 aromatic rings. The van der Waals surface area contributed by atoms with Crippen molar-refractivity contribution in [2.75, 3.05) is 5.32 Å². The van der Waals surface area contributed by atoms with Crippen LogP contribution in [0.5, 0.6) is 0 Å². The van der Waals surface area contributed by atoms with Crippen LogP contribution in [0, 0.1) is 20.8 Å². The van der Waals surface area contributed by atoms with Gasteiger partial charge >= 0.3 is 0 Å². The van der Waals surface area contributed by atoms with E-state index in [4.69, 9.17) is 0 Å². The molecule has 0 spiro atoms. The van der Waals surface area contributed by atoms with Gasteiger partial charge in [-0.2, -0.15) is 0 Å². The minimum atomic E-state index is -0.413. The molecule has 3 rings (SSSR count). The van der Waals surface area contributed by atoms with Crippen LogP contribution in [0.25, 0.3) is 11.3 Å². The standard InChI is InChI=1S/C21H20N2O2/c1-13-4-7-16(8-5-13)19-11-9-17(21(25)23-19)20(24)22-18-10-6-14(2)12-15(18)3/h4-12H,1-3H3,(H,22,24)(H,23,25). The van der Waals surface area contributed by atoms with E-state index in [1.54, 1.807) is 12.1 Å². The Kier molecular flexibility index (Phi) is 4.52. The summed E-state index contributed by atoms with van der Waals surface area (Å²) in [5.41, 5.74) is 5.22. The van der Waals surface area contributed by atoms with Crippen LogP contribution in [0.2, 0.25) is 0 Å². The van der Waals surface area contributed by atoms with Gasteiger partial charge in [0.25, 0.3) is 11.5 Å². The lowest BCUT2D eigenvalue weighted by atomic mass is 10.1. The van der Waals surface area contributed by atoms with Crippen LogP contribution < -0.4 is 10.9 Å². The minimum absolute atomic E-state index is 0.0934. The molecular formula is C21H20N2O2. The zero-order valence-corrected chi connectivity index (χ0v) is 14.5. The second-order valence-corrected chi connectivity index (χ2v) is 6.25. The number of H-pyrrole nitrogens is 1. The van der Waals surface area contributed by atoms with Crippen LogP contribution in [0.4, 0.5) is 5.69 Å². The molecule has 0 bridgehead atoms. The van der Waals surface area contributed by atoms with Gasteiger partial charge in [-0.25, -0.2) is 0 Å². The van der Waals surface area contributed by atoms with Crippen molar-refractivity contribution in [2.24, 2.45) is 0 Å². The number of hydrogen-bond donors (Lipinski definition) is 2. The molecule has 0 fully saturated rings. The number of carbonyl (C=O) groups is 1. The van der Waals surface area contributed by atoms with E-state index in [-0.39, 0.29) is 5.56 Å². The predicted molar refractivity (Wildman–Crippen MR) is 101 cm³/mol. The van der Waals surface area contributed by atoms with Gasteiger partial charge in [0.15, 0.2) is 0 Å². The van der Waals surface area contributed by atoms with Crippen LogP contribution in [0.15, 0.2) is 59.4 Å². The van der Waals surface area contributed by atoms with Crippen molar-refractivity contribution >= 4 is 11.6 Å². The van der Waals surface area contributed by atoms with E-state index in [0.29, 0.717) is 11.4 Å². The first kappa shape index (κ1) is 16.7. The highest BCUT2D eigenvalue weighted by atomic mass is 16.2. The number of aromatic nitrogens is 1. The Morgan fingerprint density at radius 2 is 1.56 bits per heavy atom. The van der Waals surface area contributed by atoms with Gasteiger partial charge in [-0.15, -0.1) is 0 Å². The molecular weight excluding hydrogens is 312 g/mol. The lowest BCUT2D eigenvalue weighted by Gasteiger charge is -2.09. The molecule has 0 unspecified atom stereocenters. The summed E-state index contributed by atoms with van der Waals surface area (Å²) in [4.78, 5) is 27.6. The van der Waals surface area contributed by atoms with Crippen molar-refractivity contribution < 1.29 is 4.79 Å². The second-order valence-electron chi connectivity index (χ2n) is 6.25. The summed E-state index contributed by atoms with van der Waals surface area (Å²) in [6.07, 6.45) is 0. The molecule has 0 aliphatic rings. The Balaban J connectivity index is 1.86. The largest absolute Gasteiger partial charge is 0.322 e. The molecule has 4 nitrogen and oxygen atoms in total. The molecule has 0 saturated heterocycles. The second kappa shape index (κ2) is 6.77. The Morgan fingerprint density at radius 1 is 0.880 bits per heavy atom. The first-order chi connectivity index (χ1) is 11.9. The maximum absolute atomic E-state index is 12.4. The van der Waals surface area contributed by atoms with Gasteiger partial charge in [0, 0.05) is 11.4 Å². The Labute approximate surface area is 146 Å². The lowest BCUT2D eigenvalue weighted by molar-refractivity contribution is 0.102. The zero-order valence-electron chi connectivity index (χ0n) is 14.5. The molecule has 0 radical (unpaired) electrons. The monoisotopic (exact) mass is 332 g/mol. The van der Waals surface area contributed by atoms with Crippen molar-refractivity contribution in [3.05, 3.63) is 87.2 Å². The first-order valence-corrected chi connectivity index (χ1v) is 8.13. The zero-order chi connectivity index (χ0) is 18.0. The van der Waals surface area contributed by atoms with E-state index in [9.17, 15) is 9.59 Å². The summed E-state index contributed by atoms with van der Waals surface area (Å²) >= 11 is 0. The van der Waals surface area contributed by atoms with Gasteiger partial charge < -0.3 is 10.3 Å². The minimum Gasteiger partial charge on any atom is -0.322 e. The molecule has 1 aromatic heterocycles. The number of amides is 1. The number of hydrogen-bond acceptors (Lipinski definition) is 2. The highest BCUT2D eigenvalue weighted by Crippen LogP contribution is 2.18. The van der Waals surface area contributed by atoms with E-state index >= 15 is 0 Å². The number of anilines is 1. The number of nitrogens with one attached hydrogen (secondary N) is 2. The average molecular weight is 332 g/mol. The summed E-state index contributed by atoms with van der Waals surface area (Å²) in [7, 11) is 0. The van der Waals surface area contributed by atoms with Crippen molar-refractivity contribution in [1.82, 2.24) is 4.98 Å². The van der Waals surface area contributed by atoms with Crippen molar-refractivity contribution in [2.45, 2.75) is 20.8 Å². The fourth-order valence-electron chi connectivity index (χ4n) is 2.70. The molecule has 0 atom stereocenters. The number of carbonyl (C=O) groups excluding carboxylic acids is 1. The number of pyridine rings is 1. The van der Waals surface area contributed by atoms with Gasteiger partial charge in [0.1, 0.15) is 5.56 Å². The van der Waals surface area contributed by atoms with Gasteiger partial charge in [-0.3, -0.25) is 9.59 Å². The Morgan fingerprint density at radius 3 is 2.20 bits per heavy atom. The van der Waals surface area contributed by atoms with Crippen LogP contribution in [-0.2, 0) is 0 Å². The van der Waals surface area contributed by atoms with Crippen molar-refractivity contribution in [3.63, 3.8) is 0 Å². The molecule has 0 aliphatic carbocycles. The van der Waals surface area contributed by atoms with Crippen LogP contribution in [-0.4, -0.2) is 10.9 Å². The third kappa shape index (κ3) is 3.69.